The van der Waals surface area contributed by atoms with Gasteiger partial charge >= 0.3 is 0 Å². The van der Waals surface area contributed by atoms with Crippen molar-refractivity contribution in [2.24, 2.45) is 5.92 Å². The molecule has 1 aromatic heterocycles. The molecule has 1 aromatic rings. The van der Waals surface area contributed by atoms with E-state index >= 15 is 0 Å². The van der Waals surface area contributed by atoms with E-state index in [0.717, 1.165) is 45.5 Å². The van der Waals surface area contributed by atoms with Crippen LogP contribution in [0.3, 0.4) is 0 Å². The van der Waals surface area contributed by atoms with Gasteiger partial charge in [0.25, 0.3) is 0 Å². The zero-order valence-electron chi connectivity index (χ0n) is 13.2. The molecule has 4 heterocycles. The molecule has 0 saturated carbocycles. The molecule has 2 atom stereocenters. The number of thiophene rings is 1. The minimum atomic E-state index is 0.441. The van der Waals surface area contributed by atoms with Gasteiger partial charge in [0.15, 0.2) is 0 Å². The van der Waals surface area contributed by atoms with Gasteiger partial charge in [0.05, 0.1) is 12.7 Å². The molecular weight excluding hydrogens is 296 g/mol. The molecule has 0 N–H and O–H groups in total. The second-order valence-corrected chi connectivity index (χ2v) is 7.81. The third-order valence-corrected chi connectivity index (χ3v) is 6.17. The highest BCUT2D eigenvalue weighted by Gasteiger charge is 2.39. The molecule has 0 aliphatic carbocycles. The molecule has 0 spiro atoms. The number of hydrogen-bond acceptors (Lipinski definition) is 5. The van der Waals surface area contributed by atoms with Gasteiger partial charge in [0.2, 0.25) is 0 Å². The van der Waals surface area contributed by atoms with Crippen molar-refractivity contribution < 1.29 is 9.47 Å². The first-order valence-electron chi connectivity index (χ1n) is 8.56. The lowest BCUT2D eigenvalue weighted by molar-refractivity contribution is 0.0243. The summed E-state index contributed by atoms with van der Waals surface area (Å²) in [6, 6.07) is 5.12. The fourth-order valence-electron chi connectivity index (χ4n) is 4.11. The predicted octanol–water partition coefficient (Wildman–Crippen LogP) is 2.06. The van der Waals surface area contributed by atoms with Crippen LogP contribution in [-0.2, 0) is 16.0 Å². The molecule has 0 radical (unpaired) electrons. The zero-order chi connectivity index (χ0) is 14.8. The number of fused-ring (bicyclic) bond motifs is 1. The van der Waals surface area contributed by atoms with Crippen molar-refractivity contribution in [3.63, 3.8) is 0 Å². The Balaban J connectivity index is 1.36. The van der Waals surface area contributed by atoms with E-state index < -0.39 is 0 Å². The summed E-state index contributed by atoms with van der Waals surface area (Å²) < 4.78 is 11.7. The summed E-state index contributed by atoms with van der Waals surface area (Å²) >= 11 is 1.87. The van der Waals surface area contributed by atoms with Crippen LogP contribution >= 0.6 is 11.3 Å². The molecule has 4 rings (SSSR count). The number of ether oxygens (including phenoxy) is 2. The van der Waals surface area contributed by atoms with Crippen LogP contribution in [-0.4, -0.2) is 67.9 Å². The van der Waals surface area contributed by atoms with Crippen molar-refractivity contribution in [1.29, 1.82) is 0 Å². The summed E-state index contributed by atoms with van der Waals surface area (Å²) in [6.07, 6.45) is 2.83. The van der Waals surface area contributed by atoms with Crippen LogP contribution in [0.2, 0.25) is 0 Å². The molecule has 3 saturated heterocycles. The van der Waals surface area contributed by atoms with Gasteiger partial charge in [-0.3, -0.25) is 9.80 Å². The molecule has 122 valence electrons. The minimum Gasteiger partial charge on any atom is -0.381 e. The van der Waals surface area contributed by atoms with Crippen LogP contribution < -0.4 is 0 Å². The first-order valence-corrected chi connectivity index (χ1v) is 9.44. The maximum atomic E-state index is 6.19. The van der Waals surface area contributed by atoms with E-state index in [4.69, 9.17) is 9.47 Å². The first kappa shape index (κ1) is 15.1. The van der Waals surface area contributed by atoms with Gasteiger partial charge in [0.1, 0.15) is 0 Å². The van der Waals surface area contributed by atoms with E-state index in [2.05, 4.69) is 27.3 Å². The lowest BCUT2D eigenvalue weighted by atomic mass is 10.1. The van der Waals surface area contributed by atoms with Gasteiger partial charge < -0.3 is 9.47 Å². The molecule has 0 unspecified atom stereocenters. The smallest absolute Gasteiger partial charge is 0.0755 e. The third kappa shape index (κ3) is 3.39. The number of likely N-dealkylation sites (tertiary alicyclic amines) is 1. The van der Waals surface area contributed by atoms with Crippen LogP contribution in [0.25, 0.3) is 0 Å². The Morgan fingerprint density at radius 3 is 2.86 bits per heavy atom. The number of hydrogen-bond donors (Lipinski definition) is 0. The monoisotopic (exact) mass is 322 g/mol. The van der Waals surface area contributed by atoms with Crippen molar-refractivity contribution in [2.75, 3.05) is 46.0 Å². The van der Waals surface area contributed by atoms with Crippen LogP contribution in [0.1, 0.15) is 17.7 Å². The number of rotatable bonds is 3. The Morgan fingerprint density at radius 2 is 2.05 bits per heavy atom. The van der Waals surface area contributed by atoms with Gasteiger partial charge in [-0.1, -0.05) is 6.07 Å². The average molecular weight is 322 g/mol. The SMILES string of the molecule is c1csc(CN2CCO[C@@H]3CN(C4CCOCC4)C[C@@H]3C2)c1. The third-order valence-electron chi connectivity index (χ3n) is 5.31. The summed E-state index contributed by atoms with van der Waals surface area (Å²) in [5.41, 5.74) is 0. The number of nitrogens with zero attached hydrogens (tertiary/aromatic N) is 2. The van der Waals surface area contributed by atoms with E-state index in [1.54, 1.807) is 0 Å². The summed E-state index contributed by atoms with van der Waals surface area (Å²) in [5.74, 6) is 0.672. The predicted molar refractivity (Wildman–Crippen MR) is 88.2 cm³/mol. The summed E-state index contributed by atoms with van der Waals surface area (Å²) in [5, 5.41) is 2.18. The maximum Gasteiger partial charge on any atom is 0.0755 e. The molecule has 3 fully saturated rings. The second-order valence-electron chi connectivity index (χ2n) is 6.78. The van der Waals surface area contributed by atoms with E-state index in [1.165, 1.54) is 30.8 Å². The van der Waals surface area contributed by atoms with Gasteiger partial charge in [-0.2, -0.15) is 0 Å². The fraction of sp³-hybridized carbons (Fsp3) is 0.765. The highest BCUT2D eigenvalue weighted by Crippen LogP contribution is 2.28. The van der Waals surface area contributed by atoms with E-state index in [-0.39, 0.29) is 0 Å². The van der Waals surface area contributed by atoms with Gasteiger partial charge in [-0.25, -0.2) is 0 Å². The lowest BCUT2D eigenvalue weighted by Crippen LogP contribution is -2.39. The quantitative estimate of drug-likeness (QED) is 0.850. The highest BCUT2D eigenvalue weighted by atomic mass is 32.1. The van der Waals surface area contributed by atoms with Crippen molar-refractivity contribution in [3.05, 3.63) is 22.4 Å². The summed E-state index contributed by atoms with van der Waals surface area (Å²) in [6.45, 7) is 8.42. The molecule has 0 amide bonds. The van der Waals surface area contributed by atoms with Crippen LogP contribution in [0, 0.1) is 5.92 Å². The first-order chi connectivity index (χ1) is 10.9. The Hall–Kier alpha value is -0.460. The molecule has 5 heteroatoms. The molecule has 22 heavy (non-hydrogen) atoms. The van der Waals surface area contributed by atoms with Crippen molar-refractivity contribution in [1.82, 2.24) is 9.80 Å². The Kier molecular flexibility index (Phi) is 4.78. The topological polar surface area (TPSA) is 24.9 Å². The maximum absolute atomic E-state index is 6.19. The Morgan fingerprint density at radius 1 is 1.14 bits per heavy atom. The Bertz CT molecular complexity index is 461. The van der Waals surface area contributed by atoms with Gasteiger partial charge in [-0.15, -0.1) is 11.3 Å². The molecule has 0 bridgehead atoms. The fourth-order valence-corrected chi connectivity index (χ4v) is 4.85. The van der Waals surface area contributed by atoms with Crippen LogP contribution in [0.15, 0.2) is 17.5 Å². The largest absolute Gasteiger partial charge is 0.381 e. The van der Waals surface area contributed by atoms with E-state index in [0.29, 0.717) is 12.0 Å². The van der Waals surface area contributed by atoms with Crippen LogP contribution in [0.4, 0.5) is 0 Å². The van der Waals surface area contributed by atoms with Gasteiger partial charge in [0, 0.05) is 62.8 Å². The molecule has 4 nitrogen and oxygen atoms in total. The van der Waals surface area contributed by atoms with Gasteiger partial charge in [-0.05, 0) is 24.3 Å². The average Bonchev–Trinajstić information content (AvgIpc) is 3.15. The molecule has 3 aliphatic heterocycles. The van der Waals surface area contributed by atoms with Crippen molar-refractivity contribution in [2.45, 2.75) is 31.5 Å². The summed E-state index contributed by atoms with van der Waals surface area (Å²) in [4.78, 5) is 6.73. The Labute approximate surface area is 137 Å². The normalized spacial score (nSPS) is 32.0. The summed E-state index contributed by atoms with van der Waals surface area (Å²) in [7, 11) is 0. The van der Waals surface area contributed by atoms with E-state index in [9.17, 15) is 0 Å². The van der Waals surface area contributed by atoms with E-state index in [1.807, 2.05) is 11.3 Å². The highest BCUT2D eigenvalue weighted by molar-refractivity contribution is 7.09. The standard InChI is InChI=1S/C17H26N2O2S/c1-2-16(22-9-1)12-18-5-8-21-17-13-19(11-14(17)10-18)15-3-6-20-7-4-15/h1-2,9,14-15,17H,3-8,10-13H2/t14-,17+/m0/s1. The minimum absolute atomic E-state index is 0.441. The lowest BCUT2D eigenvalue weighted by Gasteiger charge is -2.31. The van der Waals surface area contributed by atoms with Crippen LogP contribution in [0.5, 0.6) is 0 Å². The second kappa shape index (κ2) is 6.97. The molecule has 0 aromatic carbocycles. The zero-order valence-corrected chi connectivity index (χ0v) is 14.0. The molecular formula is C17H26N2O2S. The molecule has 3 aliphatic rings. The van der Waals surface area contributed by atoms with Crippen molar-refractivity contribution >= 4 is 11.3 Å². The van der Waals surface area contributed by atoms with Crippen molar-refractivity contribution in [3.8, 4) is 0 Å².